The molecule has 3 rings (SSSR count). The molecule has 0 spiro atoms. The Morgan fingerprint density at radius 1 is 1.40 bits per heavy atom. The summed E-state index contributed by atoms with van der Waals surface area (Å²) in [5.41, 5.74) is 1.59. The van der Waals surface area contributed by atoms with E-state index in [1.165, 1.54) is 16.9 Å². The van der Waals surface area contributed by atoms with E-state index in [4.69, 9.17) is 14.6 Å². The van der Waals surface area contributed by atoms with Crippen LogP contribution < -0.4 is 5.32 Å². The smallest absolute Gasteiger partial charge is 0.271 e. The zero-order valence-electron chi connectivity index (χ0n) is 13.9. The highest BCUT2D eigenvalue weighted by molar-refractivity contribution is 7.09. The number of nitrogens with zero attached hydrogens (tertiary/aromatic N) is 1. The van der Waals surface area contributed by atoms with Gasteiger partial charge in [-0.1, -0.05) is 30.3 Å². The molecule has 2 heterocycles. The monoisotopic (exact) mass is 362 g/mol. The van der Waals surface area contributed by atoms with Gasteiger partial charge in [0, 0.05) is 18.4 Å². The lowest BCUT2D eigenvalue weighted by Gasteiger charge is -2.31. The van der Waals surface area contributed by atoms with Crippen molar-refractivity contribution in [2.24, 2.45) is 0 Å². The van der Waals surface area contributed by atoms with Crippen LogP contribution in [0.5, 0.6) is 0 Å². The molecule has 0 radical (unpaired) electrons. The summed E-state index contributed by atoms with van der Waals surface area (Å²) in [5.74, 6) is -0.219. The van der Waals surface area contributed by atoms with Gasteiger partial charge in [-0.3, -0.25) is 4.79 Å². The molecule has 6 nitrogen and oxygen atoms in total. The van der Waals surface area contributed by atoms with Gasteiger partial charge in [0.05, 0.1) is 37.0 Å². The molecule has 134 valence electrons. The van der Waals surface area contributed by atoms with Crippen LogP contribution in [0.3, 0.4) is 0 Å². The van der Waals surface area contributed by atoms with Crippen molar-refractivity contribution in [3.8, 4) is 0 Å². The van der Waals surface area contributed by atoms with Crippen molar-refractivity contribution in [1.82, 2.24) is 10.3 Å². The van der Waals surface area contributed by atoms with Gasteiger partial charge in [0.2, 0.25) is 0 Å². The fourth-order valence-electron chi connectivity index (χ4n) is 2.77. The van der Waals surface area contributed by atoms with Crippen molar-refractivity contribution < 1.29 is 19.4 Å². The maximum atomic E-state index is 12.5. The number of rotatable bonds is 7. The van der Waals surface area contributed by atoms with Gasteiger partial charge in [-0.25, -0.2) is 4.98 Å². The molecule has 0 bridgehead atoms. The van der Waals surface area contributed by atoms with E-state index >= 15 is 0 Å². The molecule has 0 unspecified atom stereocenters. The zero-order valence-corrected chi connectivity index (χ0v) is 14.7. The first-order chi connectivity index (χ1) is 12.3. The number of aromatic nitrogens is 1. The standard InChI is InChI=1S/C18H22N2O4S/c21-7-9-24-16-6-8-23-11-14(16)20-18(22)15-12-25-17(19-15)10-13-4-2-1-3-5-13/h1-5,12,14,16,21H,6-11H2,(H,20,22)/t14-,16+/m1/s1. The number of carbonyl (C=O) groups excluding carboxylic acids is 1. The summed E-state index contributed by atoms with van der Waals surface area (Å²) in [7, 11) is 0. The maximum absolute atomic E-state index is 12.5. The predicted molar refractivity (Wildman–Crippen MR) is 94.9 cm³/mol. The largest absolute Gasteiger partial charge is 0.394 e. The van der Waals surface area contributed by atoms with E-state index in [9.17, 15) is 4.79 Å². The van der Waals surface area contributed by atoms with Crippen molar-refractivity contribution in [3.05, 3.63) is 52.0 Å². The second-order valence-corrected chi connectivity index (χ2v) is 6.81. The Bertz CT molecular complexity index is 677. The van der Waals surface area contributed by atoms with Gasteiger partial charge in [-0.2, -0.15) is 0 Å². The third-order valence-corrected chi connectivity index (χ3v) is 4.86. The normalized spacial score (nSPS) is 20.4. The molecule has 2 atom stereocenters. The van der Waals surface area contributed by atoms with Crippen molar-refractivity contribution in [1.29, 1.82) is 0 Å². The molecule has 0 saturated carbocycles. The fraction of sp³-hybridized carbons (Fsp3) is 0.444. The number of amides is 1. The summed E-state index contributed by atoms with van der Waals surface area (Å²) in [6.07, 6.45) is 1.27. The van der Waals surface area contributed by atoms with Crippen molar-refractivity contribution in [2.45, 2.75) is 25.0 Å². The van der Waals surface area contributed by atoms with E-state index in [0.29, 0.717) is 31.7 Å². The van der Waals surface area contributed by atoms with E-state index in [1.807, 2.05) is 30.3 Å². The van der Waals surface area contributed by atoms with Crippen LogP contribution in [0.2, 0.25) is 0 Å². The first-order valence-corrected chi connectivity index (χ1v) is 9.23. The highest BCUT2D eigenvalue weighted by Crippen LogP contribution is 2.16. The molecule has 1 amide bonds. The first-order valence-electron chi connectivity index (χ1n) is 8.35. The van der Waals surface area contributed by atoms with E-state index in [-0.39, 0.29) is 31.3 Å². The summed E-state index contributed by atoms with van der Waals surface area (Å²) in [6, 6.07) is 9.82. The van der Waals surface area contributed by atoms with E-state index in [0.717, 1.165) is 5.01 Å². The molecule has 25 heavy (non-hydrogen) atoms. The minimum absolute atomic E-state index is 0.0348. The molecular weight excluding hydrogens is 340 g/mol. The topological polar surface area (TPSA) is 80.7 Å². The van der Waals surface area contributed by atoms with Gasteiger partial charge < -0.3 is 19.9 Å². The number of ether oxygens (including phenoxy) is 2. The molecule has 7 heteroatoms. The molecule has 0 aliphatic carbocycles. The molecule has 2 aromatic rings. The van der Waals surface area contributed by atoms with E-state index in [2.05, 4.69) is 10.3 Å². The lowest BCUT2D eigenvalue weighted by molar-refractivity contribution is -0.0612. The van der Waals surface area contributed by atoms with Crippen molar-refractivity contribution in [3.63, 3.8) is 0 Å². The number of benzene rings is 1. The second-order valence-electron chi connectivity index (χ2n) is 5.87. The van der Waals surface area contributed by atoms with Crippen LogP contribution in [-0.4, -0.2) is 54.6 Å². The average Bonchev–Trinajstić information content (AvgIpc) is 3.10. The third kappa shape index (κ3) is 5.09. The third-order valence-electron chi connectivity index (χ3n) is 4.02. The number of hydrogen-bond acceptors (Lipinski definition) is 6. The Hall–Kier alpha value is -1.80. The Morgan fingerprint density at radius 3 is 3.04 bits per heavy atom. The molecule has 1 aliphatic rings. The molecular formula is C18H22N2O4S. The SMILES string of the molecule is O=C(N[C@@H]1COCC[C@@H]1OCCO)c1csc(Cc2ccccc2)n1. The number of aliphatic hydroxyl groups is 1. The quantitative estimate of drug-likeness (QED) is 0.782. The van der Waals surface area contributed by atoms with Gasteiger partial charge in [0.25, 0.3) is 5.91 Å². The summed E-state index contributed by atoms with van der Waals surface area (Å²) in [6.45, 7) is 1.23. The summed E-state index contributed by atoms with van der Waals surface area (Å²) in [5, 5.41) is 14.5. The Morgan fingerprint density at radius 2 is 2.24 bits per heavy atom. The Labute approximate surface area is 150 Å². The molecule has 1 saturated heterocycles. The van der Waals surface area contributed by atoms with Gasteiger partial charge in [-0.15, -0.1) is 11.3 Å². The number of hydrogen-bond donors (Lipinski definition) is 2. The minimum atomic E-state index is -0.230. The zero-order chi connectivity index (χ0) is 17.5. The van der Waals surface area contributed by atoms with Crippen LogP contribution in [0, 0.1) is 0 Å². The van der Waals surface area contributed by atoms with Gasteiger partial charge in [0.15, 0.2) is 0 Å². The molecule has 1 aliphatic heterocycles. The van der Waals surface area contributed by atoms with E-state index < -0.39 is 0 Å². The van der Waals surface area contributed by atoms with Crippen LogP contribution in [0.15, 0.2) is 35.7 Å². The fourth-order valence-corrected chi connectivity index (χ4v) is 3.57. The predicted octanol–water partition coefficient (Wildman–Crippen LogP) is 1.63. The Balaban J connectivity index is 1.59. The first kappa shape index (κ1) is 18.0. The molecule has 1 aromatic heterocycles. The second kappa shape index (κ2) is 9.05. The van der Waals surface area contributed by atoms with Crippen LogP contribution in [-0.2, 0) is 15.9 Å². The maximum Gasteiger partial charge on any atom is 0.271 e. The van der Waals surface area contributed by atoms with Gasteiger partial charge >= 0.3 is 0 Å². The highest BCUT2D eigenvalue weighted by Gasteiger charge is 2.28. The lowest BCUT2D eigenvalue weighted by Crippen LogP contribution is -2.50. The molecule has 2 N–H and O–H groups in total. The van der Waals surface area contributed by atoms with Crippen molar-refractivity contribution in [2.75, 3.05) is 26.4 Å². The van der Waals surface area contributed by atoms with Crippen LogP contribution in [0.4, 0.5) is 0 Å². The molecule has 1 aromatic carbocycles. The minimum Gasteiger partial charge on any atom is -0.394 e. The summed E-state index contributed by atoms with van der Waals surface area (Å²) in [4.78, 5) is 16.9. The lowest BCUT2D eigenvalue weighted by atomic mass is 10.1. The summed E-state index contributed by atoms with van der Waals surface area (Å²) >= 11 is 1.48. The van der Waals surface area contributed by atoms with Crippen LogP contribution in [0.25, 0.3) is 0 Å². The number of aliphatic hydroxyl groups excluding tert-OH is 1. The van der Waals surface area contributed by atoms with Crippen LogP contribution in [0.1, 0.15) is 27.5 Å². The van der Waals surface area contributed by atoms with Crippen LogP contribution >= 0.6 is 11.3 Å². The number of carbonyl (C=O) groups is 1. The Kier molecular flexibility index (Phi) is 6.52. The highest BCUT2D eigenvalue weighted by atomic mass is 32.1. The average molecular weight is 362 g/mol. The molecule has 1 fully saturated rings. The van der Waals surface area contributed by atoms with Gasteiger partial charge in [0.1, 0.15) is 5.69 Å². The number of nitrogens with one attached hydrogen (secondary N) is 1. The van der Waals surface area contributed by atoms with Gasteiger partial charge in [-0.05, 0) is 12.0 Å². The number of thiazole rings is 1. The summed E-state index contributed by atoms with van der Waals surface area (Å²) < 4.78 is 11.0. The van der Waals surface area contributed by atoms with E-state index in [1.54, 1.807) is 5.38 Å². The van der Waals surface area contributed by atoms with Crippen molar-refractivity contribution >= 4 is 17.2 Å².